The first-order chi connectivity index (χ1) is 4.61. The number of aliphatic hydroxyl groups is 3. The van der Waals surface area contributed by atoms with Gasteiger partial charge in [0.1, 0.15) is 6.10 Å². The summed E-state index contributed by atoms with van der Waals surface area (Å²) in [6, 6.07) is 0. The summed E-state index contributed by atoms with van der Waals surface area (Å²) in [5, 5.41) is 26.6. The van der Waals surface area contributed by atoms with E-state index in [0.717, 1.165) is 0 Å². The second-order valence-corrected chi connectivity index (χ2v) is 2.56. The van der Waals surface area contributed by atoms with Gasteiger partial charge in [-0.1, -0.05) is 0 Å². The summed E-state index contributed by atoms with van der Waals surface area (Å²) in [5.41, 5.74) is 0. The topological polar surface area (TPSA) is 77.8 Å². The van der Waals surface area contributed by atoms with Gasteiger partial charge in [-0.05, 0) is 0 Å². The van der Waals surface area contributed by atoms with Gasteiger partial charge in [-0.2, -0.15) is 0 Å². The molecule has 58 valence electrons. The minimum absolute atomic E-state index is 0.0417. The van der Waals surface area contributed by atoms with Crippen molar-refractivity contribution in [2.75, 3.05) is 0 Å². The highest BCUT2D eigenvalue weighted by Gasteiger charge is 2.32. The SMILES string of the molecule is O=C1C[C@H](O)[C@@H](O)C[C@@H]1O. The summed E-state index contributed by atoms with van der Waals surface area (Å²) >= 11 is 0. The van der Waals surface area contributed by atoms with Crippen LogP contribution in [-0.2, 0) is 4.79 Å². The van der Waals surface area contributed by atoms with Crippen LogP contribution in [0.25, 0.3) is 0 Å². The molecule has 0 heterocycles. The molecule has 10 heavy (non-hydrogen) atoms. The number of rotatable bonds is 0. The Morgan fingerprint density at radius 1 is 1.20 bits per heavy atom. The van der Waals surface area contributed by atoms with Crippen LogP contribution in [0, 0.1) is 0 Å². The molecule has 1 aliphatic carbocycles. The summed E-state index contributed by atoms with van der Waals surface area (Å²) in [6.07, 6.45) is -3.20. The Morgan fingerprint density at radius 2 is 1.80 bits per heavy atom. The van der Waals surface area contributed by atoms with Crippen LogP contribution >= 0.6 is 0 Å². The van der Waals surface area contributed by atoms with Crippen molar-refractivity contribution in [2.24, 2.45) is 0 Å². The normalized spacial score (nSPS) is 41.9. The van der Waals surface area contributed by atoms with Crippen molar-refractivity contribution >= 4 is 5.78 Å². The van der Waals surface area contributed by atoms with Gasteiger partial charge in [0.2, 0.25) is 0 Å². The maximum absolute atomic E-state index is 10.6. The van der Waals surface area contributed by atoms with Crippen molar-refractivity contribution < 1.29 is 20.1 Å². The Balaban J connectivity index is 2.54. The number of ketones is 1. The molecule has 0 aromatic heterocycles. The van der Waals surface area contributed by atoms with Crippen molar-refractivity contribution in [3.63, 3.8) is 0 Å². The predicted octanol–water partition coefficient (Wildman–Crippen LogP) is -1.57. The number of hydrogen-bond donors (Lipinski definition) is 3. The molecule has 4 heteroatoms. The summed E-state index contributed by atoms with van der Waals surface area (Å²) in [7, 11) is 0. The summed E-state index contributed by atoms with van der Waals surface area (Å²) in [5.74, 6) is -0.391. The Hall–Kier alpha value is -0.450. The van der Waals surface area contributed by atoms with Gasteiger partial charge in [0.15, 0.2) is 5.78 Å². The van der Waals surface area contributed by atoms with E-state index in [4.69, 9.17) is 15.3 Å². The fourth-order valence-electron chi connectivity index (χ4n) is 0.995. The lowest BCUT2D eigenvalue weighted by atomic mass is 9.91. The number of hydrogen-bond acceptors (Lipinski definition) is 4. The number of carbonyl (C=O) groups is 1. The average Bonchev–Trinajstić information content (AvgIpc) is 1.84. The Labute approximate surface area is 58.1 Å². The van der Waals surface area contributed by atoms with E-state index >= 15 is 0 Å². The molecule has 3 N–H and O–H groups in total. The second kappa shape index (κ2) is 2.65. The van der Waals surface area contributed by atoms with Gasteiger partial charge in [-0.25, -0.2) is 0 Å². The third-order valence-corrected chi connectivity index (χ3v) is 1.69. The molecule has 0 spiro atoms. The van der Waals surface area contributed by atoms with E-state index in [1.54, 1.807) is 0 Å². The van der Waals surface area contributed by atoms with Crippen LogP contribution in [0.4, 0.5) is 0 Å². The summed E-state index contributed by atoms with van der Waals surface area (Å²) < 4.78 is 0. The first kappa shape index (κ1) is 7.65. The molecule has 1 saturated carbocycles. The van der Waals surface area contributed by atoms with E-state index in [1.807, 2.05) is 0 Å². The van der Waals surface area contributed by atoms with Crippen LogP contribution in [0.1, 0.15) is 12.8 Å². The fraction of sp³-hybridized carbons (Fsp3) is 0.833. The van der Waals surface area contributed by atoms with Crippen LogP contribution in [0.15, 0.2) is 0 Å². The largest absolute Gasteiger partial charge is 0.390 e. The standard InChI is InChI=1S/C6H10O4/c7-3-1-4(8)6(10)2-5(3)9/h3-5,7-9H,1-2H2/t3-,4-,5-/m0/s1. The zero-order chi connectivity index (χ0) is 7.72. The van der Waals surface area contributed by atoms with Crippen molar-refractivity contribution in [1.82, 2.24) is 0 Å². The van der Waals surface area contributed by atoms with Gasteiger partial charge in [-0.15, -0.1) is 0 Å². The smallest absolute Gasteiger partial charge is 0.164 e. The van der Waals surface area contributed by atoms with E-state index in [9.17, 15) is 4.79 Å². The second-order valence-electron chi connectivity index (χ2n) is 2.56. The summed E-state index contributed by atoms with van der Waals surface area (Å²) in [4.78, 5) is 10.6. The van der Waals surface area contributed by atoms with Crippen LogP contribution in [0.5, 0.6) is 0 Å². The van der Waals surface area contributed by atoms with Crippen molar-refractivity contribution in [2.45, 2.75) is 31.2 Å². The molecule has 4 nitrogen and oxygen atoms in total. The molecule has 0 bridgehead atoms. The predicted molar refractivity (Wildman–Crippen MR) is 32.3 cm³/mol. The molecular weight excluding hydrogens is 136 g/mol. The Kier molecular flexibility index (Phi) is 2.03. The molecule has 0 amide bonds. The Morgan fingerprint density at radius 3 is 2.30 bits per heavy atom. The van der Waals surface area contributed by atoms with Crippen LogP contribution in [0.3, 0.4) is 0 Å². The fourth-order valence-corrected chi connectivity index (χ4v) is 0.995. The van der Waals surface area contributed by atoms with E-state index in [-0.39, 0.29) is 12.8 Å². The molecule has 1 aliphatic rings. The minimum atomic E-state index is -1.08. The van der Waals surface area contributed by atoms with Crippen molar-refractivity contribution in [1.29, 1.82) is 0 Å². The Bertz CT molecular complexity index is 145. The van der Waals surface area contributed by atoms with Gasteiger partial charge in [0.25, 0.3) is 0 Å². The zero-order valence-corrected chi connectivity index (χ0v) is 5.40. The molecule has 3 atom stereocenters. The van der Waals surface area contributed by atoms with Gasteiger partial charge in [-0.3, -0.25) is 4.79 Å². The molecule has 1 fully saturated rings. The third kappa shape index (κ3) is 1.34. The molecule has 0 aromatic carbocycles. The molecule has 0 saturated heterocycles. The molecule has 1 rings (SSSR count). The quantitative estimate of drug-likeness (QED) is 0.386. The number of aliphatic hydroxyl groups excluding tert-OH is 3. The van der Waals surface area contributed by atoms with Gasteiger partial charge >= 0.3 is 0 Å². The molecule has 0 radical (unpaired) electrons. The molecule has 0 aliphatic heterocycles. The van der Waals surface area contributed by atoms with Crippen molar-refractivity contribution in [3.05, 3.63) is 0 Å². The van der Waals surface area contributed by atoms with Gasteiger partial charge < -0.3 is 15.3 Å². The van der Waals surface area contributed by atoms with Crippen molar-refractivity contribution in [3.8, 4) is 0 Å². The monoisotopic (exact) mass is 146 g/mol. The maximum Gasteiger partial charge on any atom is 0.164 e. The zero-order valence-electron chi connectivity index (χ0n) is 5.40. The molecule has 0 unspecified atom stereocenters. The van der Waals surface area contributed by atoms with Crippen LogP contribution in [0.2, 0.25) is 0 Å². The van der Waals surface area contributed by atoms with E-state index in [0.29, 0.717) is 0 Å². The summed E-state index contributed by atoms with van der Waals surface area (Å²) in [6.45, 7) is 0. The van der Waals surface area contributed by atoms with E-state index in [2.05, 4.69) is 0 Å². The van der Waals surface area contributed by atoms with E-state index < -0.39 is 24.1 Å². The average molecular weight is 146 g/mol. The number of Topliss-reactive ketones (excluding diaryl/α,β-unsaturated/α-hetero) is 1. The lowest BCUT2D eigenvalue weighted by molar-refractivity contribution is -0.140. The van der Waals surface area contributed by atoms with Crippen LogP contribution < -0.4 is 0 Å². The third-order valence-electron chi connectivity index (χ3n) is 1.69. The lowest BCUT2D eigenvalue weighted by Gasteiger charge is -2.25. The number of carbonyl (C=O) groups excluding carboxylic acids is 1. The molecular formula is C6H10O4. The first-order valence-corrected chi connectivity index (χ1v) is 3.18. The highest BCUT2D eigenvalue weighted by Crippen LogP contribution is 2.15. The molecule has 0 aromatic rings. The van der Waals surface area contributed by atoms with Gasteiger partial charge in [0.05, 0.1) is 12.2 Å². The first-order valence-electron chi connectivity index (χ1n) is 3.18. The minimum Gasteiger partial charge on any atom is -0.390 e. The highest BCUT2D eigenvalue weighted by atomic mass is 16.3. The van der Waals surface area contributed by atoms with Gasteiger partial charge in [0, 0.05) is 12.8 Å². The maximum atomic E-state index is 10.6. The van der Waals surface area contributed by atoms with E-state index in [1.165, 1.54) is 0 Å². The lowest BCUT2D eigenvalue weighted by Crippen LogP contribution is -2.41. The highest BCUT2D eigenvalue weighted by molar-refractivity contribution is 5.84. The van der Waals surface area contributed by atoms with Crippen LogP contribution in [-0.4, -0.2) is 39.4 Å².